The van der Waals surface area contributed by atoms with Gasteiger partial charge in [-0.05, 0) is 34.5 Å². The molecule has 0 spiro atoms. The largest absolute Gasteiger partial charge is 0.379 e. The van der Waals surface area contributed by atoms with Gasteiger partial charge >= 0.3 is 0 Å². The molecular weight excluding hydrogens is 358 g/mol. The number of rotatable bonds is 6. The van der Waals surface area contributed by atoms with Gasteiger partial charge < -0.3 is 10.1 Å². The van der Waals surface area contributed by atoms with Crippen molar-refractivity contribution >= 4 is 49.1 Å². The summed E-state index contributed by atoms with van der Waals surface area (Å²) < 4.78 is 6.24. The number of alkyl halides is 1. The predicted octanol–water partition coefficient (Wildman–Crippen LogP) is 2.96. The maximum atomic E-state index is 11.7. The van der Waals surface area contributed by atoms with Gasteiger partial charge in [0.15, 0.2) is 0 Å². The Bertz CT molecular complexity index is 335. The molecule has 0 unspecified atom stereocenters. The minimum atomic E-state index is -0.0405. The Morgan fingerprint density at radius 3 is 2.88 bits per heavy atom. The lowest BCUT2D eigenvalue weighted by Crippen LogP contribution is -2.26. The smallest absolute Gasteiger partial charge is 0.261 e. The van der Waals surface area contributed by atoms with Crippen LogP contribution in [0.5, 0.6) is 0 Å². The highest BCUT2D eigenvalue weighted by molar-refractivity contribution is 9.11. The van der Waals surface area contributed by atoms with E-state index < -0.39 is 0 Å². The van der Waals surface area contributed by atoms with Crippen LogP contribution in [0.3, 0.4) is 0 Å². The normalized spacial score (nSPS) is 10.4. The van der Waals surface area contributed by atoms with Gasteiger partial charge in [0.2, 0.25) is 0 Å². The Balaban J connectivity index is 2.30. The van der Waals surface area contributed by atoms with Gasteiger partial charge in [0.25, 0.3) is 5.91 Å². The van der Waals surface area contributed by atoms with Gasteiger partial charge in [-0.1, -0.05) is 15.9 Å². The van der Waals surface area contributed by atoms with Crippen molar-refractivity contribution in [2.24, 2.45) is 0 Å². The van der Waals surface area contributed by atoms with Crippen LogP contribution in [0.1, 0.15) is 15.2 Å². The van der Waals surface area contributed by atoms with Crippen LogP contribution < -0.4 is 5.32 Å². The zero-order valence-corrected chi connectivity index (χ0v) is 12.9. The monoisotopic (exact) mass is 369 g/mol. The van der Waals surface area contributed by atoms with Gasteiger partial charge in [-0.2, -0.15) is 0 Å². The van der Waals surface area contributed by atoms with Gasteiger partial charge in [-0.3, -0.25) is 4.79 Å². The second kappa shape index (κ2) is 7.42. The molecule has 1 rings (SSSR count). The summed E-state index contributed by atoms with van der Waals surface area (Å²) in [5.41, 5.74) is 1.09. The van der Waals surface area contributed by atoms with Gasteiger partial charge in [0.1, 0.15) is 0 Å². The summed E-state index contributed by atoms with van der Waals surface area (Å²) in [5, 5.41) is 3.63. The summed E-state index contributed by atoms with van der Waals surface area (Å²) in [5.74, 6) is -0.0405. The maximum Gasteiger partial charge on any atom is 0.261 e. The molecule has 1 aromatic rings. The summed E-state index contributed by atoms with van der Waals surface area (Å²) in [6.07, 6.45) is 0. The van der Waals surface area contributed by atoms with Crippen LogP contribution in [0.2, 0.25) is 0 Å². The van der Waals surface area contributed by atoms with Crippen LogP contribution in [0, 0.1) is 6.92 Å². The molecule has 0 atom stereocenters. The van der Waals surface area contributed by atoms with Crippen molar-refractivity contribution in [3.8, 4) is 0 Å². The fourth-order valence-electron chi connectivity index (χ4n) is 1.05. The van der Waals surface area contributed by atoms with Crippen molar-refractivity contribution in [2.75, 3.05) is 25.1 Å². The van der Waals surface area contributed by atoms with E-state index in [2.05, 4.69) is 37.2 Å². The van der Waals surface area contributed by atoms with E-state index in [1.165, 1.54) is 11.3 Å². The molecule has 0 saturated heterocycles. The fraction of sp³-hybridized carbons (Fsp3) is 0.500. The molecule has 3 nitrogen and oxygen atoms in total. The van der Waals surface area contributed by atoms with Crippen LogP contribution in [0.4, 0.5) is 0 Å². The van der Waals surface area contributed by atoms with Crippen molar-refractivity contribution in [2.45, 2.75) is 6.92 Å². The van der Waals surface area contributed by atoms with E-state index in [0.29, 0.717) is 19.8 Å². The first-order valence-electron chi connectivity index (χ1n) is 4.83. The van der Waals surface area contributed by atoms with Crippen LogP contribution in [0.25, 0.3) is 0 Å². The minimum Gasteiger partial charge on any atom is -0.379 e. The van der Waals surface area contributed by atoms with E-state index in [1.54, 1.807) is 0 Å². The lowest BCUT2D eigenvalue weighted by molar-refractivity contribution is 0.0928. The van der Waals surface area contributed by atoms with Crippen LogP contribution in [0.15, 0.2) is 9.85 Å². The molecule has 0 radical (unpaired) electrons. The minimum absolute atomic E-state index is 0.0405. The van der Waals surface area contributed by atoms with Gasteiger partial charge in [-0.15, -0.1) is 11.3 Å². The predicted molar refractivity (Wildman–Crippen MR) is 73.7 cm³/mol. The summed E-state index contributed by atoms with van der Waals surface area (Å²) in [7, 11) is 0. The van der Waals surface area contributed by atoms with Crippen molar-refractivity contribution in [3.63, 3.8) is 0 Å². The molecule has 1 amide bonds. The number of nitrogens with one attached hydrogen (secondary N) is 1. The summed E-state index contributed by atoms with van der Waals surface area (Å²) in [4.78, 5) is 12.4. The number of ether oxygens (including phenoxy) is 1. The highest BCUT2D eigenvalue weighted by atomic mass is 79.9. The Morgan fingerprint density at radius 1 is 1.56 bits per heavy atom. The molecule has 0 aliphatic carbocycles. The second-order valence-electron chi connectivity index (χ2n) is 3.12. The number of hydrogen-bond acceptors (Lipinski definition) is 3. The molecule has 1 heterocycles. The average Bonchev–Trinajstić information content (AvgIpc) is 2.59. The van der Waals surface area contributed by atoms with Gasteiger partial charge in [-0.25, -0.2) is 0 Å². The summed E-state index contributed by atoms with van der Waals surface area (Å²) >= 11 is 8.10. The second-order valence-corrected chi connectivity index (χ2v) is 6.29. The van der Waals surface area contributed by atoms with E-state index in [-0.39, 0.29) is 5.91 Å². The fourth-order valence-corrected chi connectivity index (χ4v) is 2.73. The number of aryl methyl sites for hydroxylation is 1. The third-order valence-electron chi connectivity index (χ3n) is 1.83. The van der Waals surface area contributed by atoms with Crippen molar-refractivity contribution < 1.29 is 9.53 Å². The Morgan fingerprint density at radius 2 is 2.31 bits per heavy atom. The van der Waals surface area contributed by atoms with Gasteiger partial charge in [0, 0.05) is 11.9 Å². The van der Waals surface area contributed by atoms with E-state index in [0.717, 1.165) is 19.6 Å². The zero-order valence-electron chi connectivity index (χ0n) is 8.89. The van der Waals surface area contributed by atoms with Crippen molar-refractivity contribution in [3.05, 3.63) is 20.3 Å². The average molecular weight is 371 g/mol. The number of amides is 1. The maximum absolute atomic E-state index is 11.7. The van der Waals surface area contributed by atoms with Gasteiger partial charge in [0.05, 0.1) is 21.9 Å². The quantitative estimate of drug-likeness (QED) is 0.617. The zero-order chi connectivity index (χ0) is 12.0. The molecule has 16 heavy (non-hydrogen) atoms. The third-order valence-corrected chi connectivity index (χ3v) is 4.29. The lowest BCUT2D eigenvalue weighted by Gasteiger charge is -2.03. The highest BCUT2D eigenvalue weighted by Crippen LogP contribution is 2.26. The highest BCUT2D eigenvalue weighted by Gasteiger charge is 2.10. The van der Waals surface area contributed by atoms with Crippen molar-refractivity contribution in [1.29, 1.82) is 0 Å². The van der Waals surface area contributed by atoms with Crippen LogP contribution in [-0.2, 0) is 4.74 Å². The SMILES string of the molecule is Cc1cc(C(=O)NCCOCCBr)sc1Br. The Hall–Kier alpha value is 0.0900. The molecule has 0 saturated carbocycles. The first kappa shape index (κ1) is 14.2. The van der Waals surface area contributed by atoms with Crippen LogP contribution in [-0.4, -0.2) is 31.0 Å². The number of hydrogen-bond donors (Lipinski definition) is 1. The molecule has 90 valence electrons. The molecule has 6 heteroatoms. The number of halogens is 2. The molecular formula is C10H13Br2NO2S. The molecule has 0 fully saturated rings. The molecule has 0 aromatic carbocycles. The topological polar surface area (TPSA) is 38.3 Å². The first-order valence-corrected chi connectivity index (χ1v) is 7.56. The summed E-state index contributed by atoms with van der Waals surface area (Å²) in [6, 6.07) is 1.88. The number of carbonyl (C=O) groups is 1. The number of carbonyl (C=O) groups excluding carboxylic acids is 1. The standard InChI is InChI=1S/C10H13Br2NO2S/c1-7-6-8(16-9(7)12)10(14)13-3-5-15-4-2-11/h6H,2-5H2,1H3,(H,13,14). The first-order chi connectivity index (χ1) is 7.65. The van der Waals surface area contributed by atoms with E-state index >= 15 is 0 Å². The lowest BCUT2D eigenvalue weighted by atomic mass is 10.3. The number of thiophene rings is 1. The molecule has 0 bridgehead atoms. The van der Waals surface area contributed by atoms with E-state index in [1.807, 2.05) is 13.0 Å². The summed E-state index contributed by atoms with van der Waals surface area (Å²) in [6.45, 7) is 3.72. The Labute approximate surface area is 116 Å². The molecule has 0 aliphatic rings. The Kier molecular flexibility index (Phi) is 6.57. The molecule has 0 aliphatic heterocycles. The van der Waals surface area contributed by atoms with E-state index in [4.69, 9.17) is 4.74 Å². The molecule has 1 N–H and O–H groups in total. The molecule has 1 aromatic heterocycles. The van der Waals surface area contributed by atoms with Crippen molar-refractivity contribution in [1.82, 2.24) is 5.32 Å². The van der Waals surface area contributed by atoms with Crippen LogP contribution >= 0.6 is 43.2 Å². The third kappa shape index (κ3) is 4.53. The van der Waals surface area contributed by atoms with E-state index in [9.17, 15) is 4.79 Å².